The van der Waals surface area contributed by atoms with Gasteiger partial charge in [-0.2, -0.15) is 0 Å². The molecule has 3 aromatic carbocycles. The van der Waals surface area contributed by atoms with Crippen LogP contribution in [0.2, 0.25) is 0 Å². The molecule has 0 aromatic heterocycles. The average Bonchev–Trinajstić information content (AvgIpc) is 3.22. The van der Waals surface area contributed by atoms with Crippen LogP contribution in [0.1, 0.15) is 12.0 Å². The SMILES string of the molecule is CN1CCN(CCCOc2cccc(N3C(=O)/C(=C/c4ccc(Oc5ccc(F)cc5)cc4)SC3=S)c2)CC1. The molecule has 0 radical (unpaired) electrons. The number of nitrogens with zero attached hydrogens (tertiary/aromatic N) is 3. The normalized spacial score (nSPS) is 17.7. The highest BCUT2D eigenvalue weighted by Crippen LogP contribution is 2.37. The zero-order chi connectivity index (χ0) is 27.2. The molecule has 0 N–H and O–H groups in total. The van der Waals surface area contributed by atoms with Gasteiger partial charge in [0.15, 0.2) is 4.32 Å². The largest absolute Gasteiger partial charge is 0.493 e. The van der Waals surface area contributed by atoms with Crippen LogP contribution in [0.3, 0.4) is 0 Å². The number of likely N-dealkylation sites (N-methyl/N-ethyl adjacent to an activating group) is 1. The fraction of sp³-hybridized carbons (Fsp3) is 0.267. The molecular weight excluding hydrogens is 533 g/mol. The van der Waals surface area contributed by atoms with Crippen LogP contribution in [0.25, 0.3) is 6.08 Å². The fourth-order valence-corrected chi connectivity index (χ4v) is 5.67. The molecule has 0 aliphatic carbocycles. The molecule has 39 heavy (non-hydrogen) atoms. The number of thioether (sulfide) groups is 1. The van der Waals surface area contributed by atoms with Crippen LogP contribution in [-0.2, 0) is 4.79 Å². The molecule has 0 saturated carbocycles. The van der Waals surface area contributed by atoms with Gasteiger partial charge in [0.2, 0.25) is 0 Å². The summed E-state index contributed by atoms with van der Waals surface area (Å²) in [4.78, 5) is 20.2. The van der Waals surface area contributed by atoms with Crippen LogP contribution in [0.4, 0.5) is 10.1 Å². The van der Waals surface area contributed by atoms with Crippen molar-refractivity contribution in [3.05, 3.63) is 89.1 Å². The third-order valence-corrected chi connectivity index (χ3v) is 7.88. The highest BCUT2D eigenvalue weighted by Gasteiger charge is 2.33. The Hall–Kier alpha value is -3.24. The molecule has 2 heterocycles. The van der Waals surface area contributed by atoms with Gasteiger partial charge in [0, 0.05) is 38.8 Å². The van der Waals surface area contributed by atoms with Crippen molar-refractivity contribution in [1.29, 1.82) is 0 Å². The Balaban J connectivity index is 1.17. The van der Waals surface area contributed by atoms with Crippen LogP contribution in [-0.4, -0.2) is 66.4 Å². The van der Waals surface area contributed by atoms with Crippen molar-refractivity contribution in [3.8, 4) is 17.2 Å². The number of anilines is 1. The van der Waals surface area contributed by atoms with E-state index in [2.05, 4.69) is 16.8 Å². The summed E-state index contributed by atoms with van der Waals surface area (Å²) in [7, 11) is 2.16. The van der Waals surface area contributed by atoms with E-state index in [1.54, 1.807) is 29.2 Å². The summed E-state index contributed by atoms with van der Waals surface area (Å²) in [5, 5.41) is 0. The van der Waals surface area contributed by atoms with Crippen molar-refractivity contribution in [2.24, 2.45) is 0 Å². The van der Waals surface area contributed by atoms with Gasteiger partial charge in [0.25, 0.3) is 5.91 Å². The monoisotopic (exact) mass is 563 g/mol. The van der Waals surface area contributed by atoms with Crippen molar-refractivity contribution < 1.29 is 18.7 Å². The van der Waals surface area contributed by atoms with E-state index < -0.39 is 0 Å². The van der Waals surface area contributed by atoms with Gasteiger partial charge in [0.1, 0.15) is 23.1 Å². The van der Waals surface area contributed by atoms with E-state index in [4.69, 9.17) is 21.7 Å². The van der Waals surface area contributed by atoms with Gasteiger partial charge in [0.05, 0.1) is 17.2 Å². The second-order valence-electron chi connectivity index (χ2n) is 9.49. The molecule has 2 aliphatic rings. The number of carbonyl (C=O) groups excluding carboxylic acids is 1. The molecule has 1 amide bonds. The minimum Gasteiger partial charge on any atom is -0.493 e. The Labute approximate surface area is 238 Å². The molecule has 9 heteroatoms. The molecular formula is C30H30FN3O3S2. The Morgan fingerprint density at radius 1 is 0.949 bits per heavy atom. The minimum absolute atomic E-state index is 0.163. The van der Waals surface area contributed by atoms with Gasteiger partial charge in [-0.15, -0.1) is 0 Å². The van der Waals surface area contributed by atoms with Crippen LogP contribution >= 0.6 is 24.0 Å². The van der Waals surface area contributed by atoms with E-state index >= 15 is 0 Å². The summed E-state index contributed by atoms with van der Waals surface area (Å²) in [6.45, 7) is 6.06. The molecule has 0 unspecified atom stereocenters. The topological polar surface area (TPSA) is 45.2 Å². The molecule has 2 saturated heterocycles. The quantitative estimate of drug-likeness (QED) is 0.179. The molecule has 6 nitrogen and oxygen atoms in total. The second kappa shape index (κ2) is 12.7. The Kier molecular flexibility index (Phi) is 8.93. The zero-order valence-corrected chi connectivity index (χ0v) is 23.3. The number of piperazine rings is 1. The van der Waals surface area contributed by atoms with Crippen LogP contribution < -0.4 is 14.4 Å². The first kappa shape index (κ1) is 27.3. The van der Waals surface area contributed by atoms with E-state index in [1.165, 1.54) is 23.9 Å². The highest BCUT2D eigenvalue weighted by molar-refractivity contribution is 8.27. The number of benzene rings is 3. The maximum absolute atomic E-state index is 13.3. The third kappa shape index (κ3) is 7.24. The van der Waals surface area contributed by atoms with Gasteiger partial charge in [-0.25, -0.2) is 4.39 Å². The van der Waals surface area contributed by atoms with E-state index in [0.29, 0.717) is 33.0 Å². The number of thiocarbonyl (C=S) groups is 1. The van der Waals surface area contributed by atoms with Gasteiger partial charge in [-0.1, -0.05) is 42.2 Å². The Bertz CT molecular complexity index is 1340. The fourth-order valence-electron chi connectivity index (χ4n) is 4.37. The molecule has 3 aromatic rings. The maximum atomic E-state index is 13.3. The van der Waals surface area contributed by atoms with Gasteiger partial charge < -0.3 is 19.3 Å². The molecule has 2 aliphatic heterocycles. The third-order valence-electron chi connectivity index (χ3n) is 6.58. The number of amides is 1. The van der Waals surface area contributed by atoms with Crippen LogP contribution in [0.5, 0.6) is 17.2 Å². The average molecular weight is 564 g/mol. The minimum atomic E-state index is -0.314. The second-order valence-corrected chi connectivity index (χ2v) is 11.2. The summed E-state index contributed by atoms with van der Waals surface area (Å²) in [5.74, 6) is 1.41. The predicted molar refractivity (Wildman–Crippen MR) is 159 cm³/mol. The lowest BCUT2D eigenvalue weighted by Gasteiger charge is -2.32. The number of carbonyl (C=O) groups is 1. The number of rotatable bonds is 9. The first-order valence-electron chi connectivity index (χ1n) is 12.9. The highest BCUT2D eigenvalue weighted by atomic mass is 32.2. The summed E-state index contributed by atoms with van der Waals surface area (Å²) < 4.78 is 25.3. The first-order valence-corrected chi connectivity index (χ1v) is 14.1. The van der Waals surface area contributed by atoms with Crippen molar-refractivity contribution in [2.45, 2.75) is 6.42 Å². The van der Waals surface area contributed by atoms with E-state index in [1.807, 2.05) is 42.5 Å². The Morgan fingerprint density at radius 2 is 1.64 bits per heavy atom. The predicted octanol–water partition coefficient (Wildman–Crippen LogP) is 6.04. The zero-order valence-electron chi connectivity index (χ0n) is 21.7. The van der Waals surface area contributed by atoms with Crippen LogP contribution in [0, 0.1) is 5.82 Å². The molecule has 0 spiro atoms. The smallest absolute Gasteiger partial charge is 0.270 e. The first-order chi connectivity index (χ1) is 18.9. The lowest BCUT2D eigenvalue weighted by atomic mass is 10.2. The van der Waals surface area contributed by atoms with Gasteiger partial charge in [-0.05, 0) is 73.6 Å². The van der Waals surface area contributed by atoms with Gasteiger partial charge in [-0.3, -0.25) is 9.69 Å². The lowest BCUT2D eigenvalue weighted by molar-refractivity contribution is -0.113. The molecule has 0 atom stereocenters. The van der Waals surface area contributed by atoms with E-state index in [9.17, 15) is 9.18 Å². The molecule has 0 bridgehead atoms. The molecule has 5 rings (SSSR count). The summed E-state index contributed by atoms with van der Waals surface area (Å²) in [6, 6.07) is 20.7. The maximum Gasteiger partial charge on any atom is 0.270 e. The van der Waals surface area contributed by atoms with Gasteiger partial charge >= 0.3 is 0 Å². The molecule has 202 valence electrons. The van der Waals surface area contributed by atoms with Crippen molar-refractivity contribution >= 4 is 46.0 Å². The van der Waals surface area contributed by atoms with Crippen molar-refractivity contribution in [3.63, 3.8) is 0 Å². The van der Waals surface area contributed by atoms with E-state index in [-0.39, 0.29) is 11.7 Å². The van der Waals surface area contributed by atoms with Crippen molar-refractivity contribution in [2.75, 3.05) is 51.3 Å². The van der Waals surface area contributed by atoms with E-state index in [0.717, 1.165) is 50.5 Å². The summed E-state index contributed by atoms with van der Waals surface area (Å²) in [5.41, 5.74) is 1.54. The lowest BCUT2D eigenvalue weighted by Crippen LogP contribution is -2.44. The summed E-state index contributed by atoms with van der Waals surface area (Å²) in [6.07, 6.45) is 2.77. The summed E-state index contributed by atoms with van der Waals surface area (Å²) >= 11 is 6.83. The number of hydrogen-bond donors (Lipinski definition) is 0. The standard InChI is InChI=1S/C30H30FN3O3S2/c1-32-15-17-33(18-16-32)14-3-19-36-27-5-2-4-24(21-27)34-29(35)28(39-30(34)38)20-22-6-10-25(11-7-22)37-26-12-8-23(31)9-13-26/h2,4-13,20-21H,3,14-19H2,1H3/b28-20-. The number of halogens is 1. The van der Waals surface area contributed by atoms with Crippen molar-refractivity contribution in [1.82, 2.24) is 9.80 Å². The number of ether oxygens (including phenoxy) is 2. The molecule has 2 fully saturated rings. The Morgan fingerprint density at radius 3 is 2.36 bits per heavy atom. The number of hydrogen-bond acceptors (Lipinski definition) is 7. The van der Waals surface area contributed by atoms with Crippen LogP contribution in [0.15, 0.2) is 77.7 Å².